The highest BCUT2D eigenvalue weighted by atomic mass is 16.5. The summed E-state index contributed by atoms with van der Waals surface area (Å²) in [6.07, 6.45) is 8.99. The number of fused-ring (bicyclic) bond motifs is 1. The van der Waals surface area contributed by atoms with Crippen LogP contribution >= 0.6 is 0 Å². The van der Waals surface area contributed by atoms with Gasteiger partial charge in [0.1, 0.15) is 12.4 Å². The maximum absolute atomic E-state index is 11.9. The molecule has 0 spiro atoms. The average molecular weight is 462 g/mol. The van der Waals surface area contributed by atoms with E-state index in [0.717, 1.165) is 48.0 Å². The third kappa shape index (κ3) is 4.10. The highest BCUT2D eigenvalue weighted by Crippen LogP contribution is 2.39. The number of nitrogens with two attached hydrogens (primary N) is 1. The van der Waals surface area contributed by atoms with Crippen LogP contribution in [-0.4, -0.2) is 40.9 Å². The number of hydrogen-bond acceptors (Lipinski definition) is 8. The van der Waals surface area contributed by atoms with Crippen LogP contribution in [0.25, 0.3) is 22.1 Å². The van der Waals surface area contributed by atoms with Gasteiger partial charge in [0.05, 0.1) is 30.3 Å². The molecule has 176 valence electrons. The summed E-state index contributed by atoms with van der Waals surface area (Å²) in [6, 6.07) is 7.49. The third-order valence-electron chi connectivity index (χ3n) is 6.27. The minimum atomic E-state index is -0.407. The molecule has 5 rings (SSSR count). The lowest BCUT2D eigenvalue weighted by molar-refractivity contribution is 0.0600. The van der Waals surface area contributed by atoms with E-state index in [1.165, 1.54) is 7.11 Å². The molecule has 1 aliphatic rings. The molecule has 3 aromatic heterocycles. The van der Waals surface area contributed by atoms with E-state index in [0.29, 0.717) is 22.9 Å². The molecule has 0 radical (unpaired) electrons. The Hall–Kier alpha value is -3.85. The maximum atomic E-state index is 11.9. The Morgan fingerprint density at radius 2 is 2.12 bits per heavy atom. The Kier molecular flexibility index (Phi) is 5.93. The minimum Gasteiger partial charge on any atom is -0.479 e. The minimum absolute atomic E-state index is 0.231. The molecule has 9 heteroatoms. The lowest BCUT2D eigenvalue weighted by Crippen LogP contribution is -2.29. The van der Waals surface area contributed by atoms with E-state index < -0.39 is 12.1 Å². The molecule has 4 heterocycles. The molecule has 9 nitrogen and oxygen atoms in total. The molecular weight excluding hydrogens is 434 g/mol. The number of piperidine rings is 1. The standard InChI is InChI=1S/C25H27N5O4/c1-15(16-4-3-5-17(10-16)25(31)32-2)34-23-22-20(12-28-24(23)26)21(14-33-22)18-11-29-30(13-18)19-6-8-27-9-7-19/h3-5,10-15,19,27H,6-9H2,1-2H3,(H2,26,28). The quantitative estimate of drug-likeness (QED) is 0.412. The number of nitrogen functional groups attached to an aromatic ring is 1. The van der Waals surface area contributed by atoms with Crippen molar-refractivity contribution < 1.29 is 18.7 Å². The zero-order valence-electron chi connectivity index (χ0n) is 19.2. The number of nitrogens with one attached hydrogen (secondary N) is 1. The monoisotopic (exact) mass is 461 g/mol. The van der Waals surface area contributed by atoms with Gasteiger partial charge < -0.3 is 24.9 Å². The van der Waals surface area contributed by atoms with E-state index in [1.54, 1.807) is 30.7 Å². The second kappa shape index (κ2) is 9.18. The van der Waals surface area contributed by atoms with Crippen LogP contribution in [0, 0.1) is 0 Å². The van der Waals surface area contributed by atoms with Crippen molar-refractivity contribution in [1.82, 2.24) is 20.1 Å². The van der Waals surface area contributed by atoms with Gasteiger partial charge in [0.25, 0.3) is 0 Å². The number of pyridine rings is 1. The van der Waals surface area contributed by atoms with E-state index in [-0.39, 0.29) is 5.82 Å². The lowest BCUT2D eigenvalue weighted by Gasteiger charge is -2.22. The van der Waals surface area contributed by atoms with Crippen molar-refractivity contribution in [1.29, 1.82) is 0 Å². The van der Waals surface area contributed by atoms with E-state index in [9.17, 15) is 4.79 Å². The summed E-state index contributed by atoms with van der Waals surface area (Å²) in [5.41, 5.74) is 9.78. The summed E-state index contributed by atoms with van der Waals surface area (Å²) >= 11 is 0. The van der Waals surface area contributed by atoms with Gasteiger partial charge in [-0.05, 0) is 50.6 Å². The van der Waals surface area contributed by atoms with Gasteiger partial charge in [0, 0.05) is 23.5 Å². The zero-order valence-corrected chi connectivity index (χ0v) is 19.2. The van der Waals surface area contributed by atoms with Crippen molar-refractivity contribution in [2.24, 2.45) is 0 Å². The van der Waals surface area contributed by atoms with E-state index >= 15 is 0 Å². The molecule has 1 atom stereocenters. The molecule has 1 saturated heterocycles. The molecule has 1 fully saturated rings. The number of benzene rings is 1. The first kappa shape index (κ1) is 22.0. The predicted molar refractivity (Wildman–Crippen MR) is 128 cm³/mol. The topological polar surface area (TPSA) is 117 Å². The van der Waals surface area contributed by atoms with Crippen LogP contribution in [0.5, 0.6) is 5.75 Å². The molecule has 0 amide bonds. The first-order valence-electron chi connectivity index (χ1n) is 11.3. The van der Waals surface area contributed by atoms with E-state index in [2.05, 4.69) is 21.6 Å². The Morgan fingerprint density at radius 1 is 1.29 bits per heavy atom. The highest BCUT2D eigenvalue weighted by molar-refractivity contribution is 5.98. The SMILES string of the molecule is COC(=O)c1cccc(C(C)Oc2c(N)ncc3c(-c4cnn(C5CCNCC5)c4)coc23)c1. The molecule has 4 aromatic rings. The number of carbonyl (C=O) groups is 1. The van der Waals surface area contributed by atoms with Crippen molar-refractivity contribution in [3.63, 3.8) is 0 Å². The smallest absolute Gasteiger partial charge is 0.337 e. The molecule has 0 aliphatic carbocycles. The fourth-order valence-corrected chi connectivity index (χ4v) is 4.35. The molecular formula is C25H27N5O4. The van der Waals surface area contributed by atoms with Crippen LogP contribution in [0.1, 0.15) is 47.8 Å². The number of esters is 1. The summed E-state index contributed by atoms with van der Waals surface area (Å²) in [6.45, 7) is 3.87. The van der Waals surface area contributed by atoms with Crippen molar-refractivity contribution in [2.75, 3.05) is 25.9 Å². The van der Waals surface area contributed by atoms with Gasteiger partial charge in [-0.15, -0.1) is 0 Å². The number of aromatic nitrogens is 3. The molecule has 1 unspecified atom stereocenters. The number of anilines is 1. The Bertz CT molecular complexity index is 1320. The molecule has 0 bridgehead atoms. The molecule has 1 aliphatic heterocycles. The molecule has 0 saturated carbocycles. The fourth-order valence-electron chi connectivity index (χ4n) is 4.35. The number of rotatable bonds is 6. The van der Waals surface area contributed by atoms with Gasteiger partial charge >= 0.3 is 5.97 Å². The van der Waals surface area contributed by atoms with Crippen LogP contribution in [0.15, 0.2) is 53.5 Å². The molecule has 34 heavy (non-hydrogen) atoms. The van der Waals surface area contributed by atoms with Crippen LogP contribution < -0.4 is 15.8 Å². The van der Waals surface area contributed by atoms with Crippen LogP contribution in [0.2, 0.25) is 0 Å². The predicted octanol–water partition coefficient (Wildman–Crippen LogP) is 4.12. The summed E-state index contributed by atoms with van der Waals surface area (Å²) < 4.78 is 19.0. The molecule has 3 N–H and O–H groups in total. The van der Waals surface area contributed by atoms with Gasteiger partial charge in [-0.1, -0.05) is 12.1 Å². The number of carbonyl (C=O) groups excluding carboxylic acids is 1. The Balaban J connectivity index is 1.44. The maximum Gasteiger partial charge on any atom is 0.337 e. The van der Waals surface area contributed by atoms with Crippen LogP contribution in [0.3, 0.4) is 0 Å². The highest BCUT2D eigenvalue weighted by Gasteiger charge is 2.22. The Morgan fingerprint density at radius 3 is 2.91 bits per heavy atom. The Labute approximate surface area is 196 Å². The number of methoxy groups -OCH3 is 1. The summed E-state index contributed by atoms with van der Waals surface area (Å²) in [7, 11) is 1.35. The van der Waals surface area contributed by atoms with Crippen molar-refractivity contribution in [2.45, 2.75) is 31.9 Å². The molecule has 1 aromatic carbocycles. The van der Waals surface area contributed by atoms with Crippen molar-refractivity contribution in [3.05, 3.63) is 60.2 Å². The first-order chi connectivity index (χ1) is 16.5. The summed E-state index contributed by atoms with van der Waals surface area (Å²) in [4.78, 5) is 16.2. The second-order valence-corrected chi connectivity index (χ2v) is 8.43. The number of hydrogen-bond donors (Lipinski definition) is 2. The lowest BCUT2D eigenvalue weighted by atomic mass is 10.1. The largest absolute Gasteiger partial charge is 0.479 e. The van der Waals surface area contributed by atoms with Gasteiger partial charge in [0.2, 0.25) is 5.75 Å². The fraction of sp³-hybridized carbons (Fsp3) is 0.320. The summed E-state index contributed by atoms with van der Waals surface area (Å²) in [5.74, 6) is 0.193. The van der Waals surface area contributed by atoms with E-state index in [1.807, 2.05) is 23.9 Å². The number of nitrogens with zero attached hydrogens (tertiary/aromatic N) is 3. The average Bonchev–Trinajstić information content (AvgIpc) is 3.53. The van der Waals surface area contributed by atoms with Crippen molar-refractivity contribution in [3.8, 4) is 16.9 Å². The summed E-state index contributed by atoms with van der Waals surface area (Å²) in [5, 5.41) is 8.77. The van der Waals surface area contributed by atoms with Gasteiger partial charge in [-0.2, -0.15) is 5.10 Å². The number of furan rings is 1. The zero-order chi connectivity index (χ0) is 23.7. The third-order valence-corrected chi connectivity index (χ3v) is 6.27. The normalized spacial score (nSPS) is 15.4. The van der Waals surface area contributed by atoms with Crippen LogP contribution in [0.4, 0.5) is 5.82 Å². The second-order valence-electron chi connectivity index (χ2n) is 8.43. The van der Waals surface area contributed by atoms with Gasteiger partial charge in [-0.25, -0.2) is 9.78 Å². The number of ether oxygens (including phenoxy) is 2. The van der Waals surface area contributed by atoms with Gasteiger partial charge in [-0.3, -0.25) is 4.68 Å². The van der Waals surface area contributed by atoms with Gasteiger partial charge in [0.15, 0.2) is 11.4 Å². The first-order valence-corrected chi connectivity index (χ1v) is 11.3. The van der Waals surface area contributed by atoms with E-state index in [4.69, 9.17) is 19.6 Å². The van der Waals surface area contributed by atoms with Crippen LogP contribution in [-0.2, 0) is 4.74 Å². The van der Waals surface area contributed by atoms with Crippen molar-refractivity contribution >= 4 is 22.8 Å².